The van der Waals surface area contributed by atoms with Crippen LogP contribution in [0, 0.1) is 11.6 Å². The van der Waals surface area contributed by atoms with E-state index in [-0.39, 0.29) is 21.7 Å². The van der Waals surface area contributed by atoms with Crippen molar-refractivity contribution in [1.29, 1.82) is 0 Å². The van der Waals surface area contributed by atoms with Crippen molar-refractivity contribution in [3.05, 3.63) is 102 Å². The fourth-order valence-corrected chi connectivity index (χ4v) is 3.67. The highest BCUT2D eigenvalue weighted by molar-refractivity contribution is 7.89. The zero-order chi connectivity index (χ0) is 22.7. The smallest absolute Gasteiger partial charge is 0.276 e. The monoisotopic (exact) mass is 455 g/mol. The van der Waals surface area contributed by atoms with E-state index in [1.165, 1.54) is 18.2 Å². The molecule has 4 aromatic rings. The normalized spacial score (nSPS) is 12.0. The van der Waals surface area contributed by atoms with Crippen molar-refractivity contribution in [3.63, 3.8) is 0 Å². The molecule has 1 amide bonds. The number of amides is 1. The highest BCUT2D eigenvalue weighted by Gasteiger charge is 2.17. The summed E-state index contributed by atoms with van der Waals surface area (Å²) in [5.74, 6) is -2.60. The zero-order valence-corrected chi connectivity index (χ0v) is 17.1. The van der Waals surface area contributed by atoms with E-state index in [1.54, 1.807) is 42.5 Å². The van der Waals surface area contributed by atoms with Gasteiger partial charge in [-0.05, 0) is 36.4 Å². The van der Waals surface area contributed by atoms with Crippen molar-refractivity contribution in [2.45, 2.75) is 4.90 Å². The van der Waals surface area contributed by atoms with Crippen LogP contribution in [0.3, 0.4) is 0 Å². The molecule has 7 nitrogen and oxygen atoms in total. The van der Waals surface area contributed by atoms with E-state index in [1.807, 2.05) is 4.83 Å². The molecule has 2 N–H and O–H groups in total. The van der Waals surface area contributed by atoms with Gasteiger partial charge in [-0.25, -0.2) is 8.78 Å². The number of hydrogen-bond donors (Lipinski definition) is 2. The Labute approximate surface area is 181 Å². The van der Waals surface area contributed by atoms with Gasteiger partial charge in [-0.15, -0.1) is 5.10 Å². The molecule has 162 valence electrons. The number of hydrogen-bond acceptors (Lipinski definition) is 5. The molecule has 0 unspecified atom stereocenters. The Morgan fingerprint density at radius 1 is 0.906 bits per heavy atom. The Hall–Kier alpha value is -4.05. The first kappa shape index (κ1) is 21.2. The highest BCUT2D eigenvalue weighted by Crippen LogP contribution is 2.17. The molecule has 10 heteroatoms. The highest BCUT2D eigenvalue weighted by atomic mass is 32.2. The van der Waals surface area contributed by atoms with E-state index in [4.69, 9.17) is 4.42 Å². The summed E-state index contributed by atoms with van der Waals surface area (Å²) in [6, 6.07) is 18.3. The van der Waals surface area contributed by atoms with Crippen molar-refractivity contribution in [1.82, 2.24) is 4.83 Å². The Kier molecular flexibility index (Phi) is 5.69. The number of nitrogens with one attached hydrogen (secondary N) is 2. The fraction of sp³-hybridized carbons (Fsp3) is 0. The van der Waals surface area contributed by atoms with Gasteiger partial charge in [0, 0.05) is 11.5 Å². The number of halogens is 2. The van der Waals surface area contributed by atoms with Gasteiger partial charge in [0.1, 0.15) is 22.8 Å². The Morgan fingerprint density at radius 2 is 1.62 bits per heavy atom. The van der Waals surface area contributed by atoms with Crippen LogP contribution in [0.2, 0.25) is 0 Å². The average molecular weight is 455 g/mol. The molecule has 0 atom stereocenters. The lowest BCUT2D eigenvalue weighted by Crippen LogP contribution is -2.27. The summed E-state index contributed by atoms with van der Waals surface area (Å²) < 4.78 is 57.7. The van der Waals surface area contributed by atoms with Crippen LogP contribution < -0.4 is 15.7 Å². The van der Waals surface area contributed by atoms with Gasteiger partial charge < -0.3 is 9.73 Å². The summed E-state index contributed by atoms with van der Waals surface area (Å²) >= 11 is 0. The summed E-state index contributed by atoms with van der Waals surface area (Å²) in [5.41, 5.74) is -0.429. The first-order valence-corrected chi connectivity index (χ1v) is 10.7. The number of carbonyl (C=O) groups is 1. The van der Waals surface area contributed by atoms with Gasteiger partial charge in [0.15, 0.2) is 0 Å². The van der Waals surface area contributed by atoms with Crippen molar-refractivity contribution in [2.75, 3.05) is 5.32 Å². The molecule has 1 heterocycles. The molecule has 0 spiro atoms. The molecule has 3 aromatic carbocycles. The Morgan fingerprint density at radius 3 is 2.38 bits per heavy atom. The number of fused-ring (bicyclic) bond motifs is 1. The number of rotatable bonds is 5. The maximum Gasteiger partial charge on any atom is 0.276 e. The summed E-state index contributed by atoms with van der Waals surface area (Å²) in [7, 11) is -4.03. The van der Waals surface area contributed by atoms with Crippen molar-refractivity contribution >= 4 is 32.6 Å². The van der Waals surface area contributed by atoms with Crippen molar-refractivity contribution < 1.29 is 26.4 Å². The first-order valence-electron chi connectivity index (χ1n) is 9.23. The Balaban J connectivity index is 1.76. The van der Waals surface area contributed by atoms with Crippen LogP contribution >= 0.6 is 0 Å². The SMILES string of the molecule is O=C(Nc1ccc(F)cc1F)c1cc2ccccc2o/c1=N/NS(=O)(=O)c1ccccc1. The van der Waals surface area contributed by atoms with Gasteiger partial charge in [0.2, 0.25) is 5.55 Å². The topological polar surface area (TPSA) is 101 Å². The molecular formula is C22H15F2N3O4S. The summed E-state index contributed by atoms with van der Waals surface area (Å²) in [6.45, 7) is 0. The van der Waals surface area contributed by atoms with Crippen LogP contribution in [-0.4, -0.2) is 14.3 Å². The molecule has 4 rings (SSSR count). The summed E-state index contributed by atoms with van der Waals surface area (Å²) in [6.07, 6.45) is 0. The molecule has 0 radical (unpaired) electrons. The quantitative estimate of drug-likeness (QED) is 0.448. The lowest BCUT2D eigenvalue weighted by molar-refractivity contribution is 0.102. The van der Waals surface area contributed by atoms with Gasteiger partial charge in [-0.1, -0.05) is 36.4 Å². The van der Waals surface area contributed by atoms with Crippen molar-refractivity contribution in [2.24, 2.45) is 5.10 Å². The van der Waals surface area contributed by atoms with Crippen LogP contribution in [0.15, 0.2) is 93.3 Å². The van der Waals surface area contributed by atoms with Crippen molar-refractivity contribution in [3.8, 4) is 0 Å². The fourth-order valence-electron chi connectivity index (χ4n) is 2.85. The molecule has 0 aliphatic rings. The van der Waals surface area contributed by atoms with E-state index in [9.17, 15) is 22.0 Å². The third-order valence-corrected chi connectivity index (χ3v) is 5.63. The third-order valence-electron chi connectivity index (χ3n) is 4.40. The minimum atomic E-state index is -4.03. The average Bonchev–Trinajstić information content (AvgIpc) is 2.79. The lowest BCUT2D eigenvalue weighted by atomic mass is 10.1. The molecule has 0 fully saturated rings. The van der Waals surface area contributed by atoms with E-state index in [0.717, 1.165) is 12.1 Å². The molecule has 32 heavy (non-hydrogen) atoms. The number of anilines is 1. The maximum absolute atomic E-state index is 14.0. The largest absolute Gasteiger partial charge is 0.436 e. The number of benzene rings is 3. The number of nitrogens with zero attached hydrogens (tertiary/aromatic N) is 1. The molecular weight excluding hydrogens is 440 g/mol. The van der Waals surface area contributed by atoms with Gasteiger partial charge >= 0.3 is 0 Å². The minimum Gasteiger partial charge on any atom is -0.436 e. The third kappa shape index (κ3) is 4.49. The van der Waals surface area contributed by atoms with Gasteiger partial charge in [0.25, 0.3) is 15.9 Å². The molecule has 1 aromatic heterocycles. The van der Waals surface area contributed by atoms with Crippen LogP contribution in [-0.2, 0) is 10.0 Å². The first-order chi connectivity index (χ1) is 15.3. The molecule has 0 saturated heterocycles. The predicted molar refractivity (Wildman–Crippen MR) is 113 cm³/mol. The predicted octanol–water partition coefficient (Wildman–Crippen LogP) is 3.76. The van der Waals surface area contributed by atoms with Crippen LogP contribution in [0.25, 0.3) is 11.0 Å². The number of carbonyl (C=O) groups excluding carboxylic acids is 1. The van der Waals surface area contributed by atoms with E-state index >= 15 is 0 Å². The molecule has 0 aliphatic carbocycles. The van der Waals surface area contributed by atoms with Crippen LogP contribution in [0.1, 0.15) is 10.4 Å². The van der Waals surface area contributed by atoms with Gasteiger partial charge in [0.05, 0.1) is 10.6 Å². The second kappa shape index (κ2) is 8.60. The van der Waals surface area contributed by atoms with Crippen LogP contribution in [0.4, 0.5) is 14.5 Å². The molecule has 0 aliphatic heterocycles. The van der Waals surface area contributed by atoms with Crippen LogP contribution in [0.5, 0.6) is 0 Å². The second-order valence-electron chi connectivity index (χ2n) is 6.60. The summed E-state index contributed by atoms with van der Waals surface area (Å²) in [5, 5.41) is 6.62. The Bertz CT molecular complexity index is 1490. The van der Waals surface area contributed by atoms with Gasteiger partial charge in [-0.3, -0.25) is 4.79 Å². The van der Waals surface area contributed by atoms with Gasteiger partial charge in [-0.2, -0.15) is 13.2 Å². The number of para-hydroxylation sites is 1. The summed E-state index contributed by atoms with van der Waals surface area (Å²) in [4.78, 5) is 14.8. The standard InChI is InChI=1S/C22H15F2N3O4S/c23-15-10-11-19(18(24)13-15)25-21(28)17-12-14-6-4-5-9-20(14)31-22(17)26-27-32(29,30)16-7-2-1-3-8-16/h1-13,27H,(H,25,28)/b26-22+. The maximum atomic E-state index is 14.0. The molecule has 0 saturated carbocycles. The van der Waals surface area contributed by atoms with E-state index < -0.39 is 27.6 Å². The molecule has 0 bridgehead atoms. The number of sulfonamides is 1. The zero-order valence-electron chi connectivity index (χ0n) is 16.2. The minimum absolute atomic E-state index is 0.0380. The lowest BCUT2D eigenvalue weighted by Gasteiger charge is -2.08. The van der Waals surface area contributed by atoms with E-state index in [0.29, 0.717) is 17.0 Å². The second-order valence-corrected chi connectivity index (χ2v) is 8.26. The van der Waals surface area contributed by atoms with E-state index in [2.05, 4.69) is 10.4 Å².